The molecule has 5 heterocycles. The molecule has 9 rings (SSSR count). The molecule has 0 atom stereocenters. The van der Waals surface area contributed by atoms with Crippen LogP contribution in [0, 0.1) is 0 Å². The van der Waals surface area contributed by atoms with Gasteiger partial charge in [-0.3, -0.25) is 18.2 Å². The molecule has 80 heavy (non-hydrogen) atoms. The molecule has 0 fully saturated rings. The van der Waals surface area contributed by atoms with Gasteiger partial charge in [0.25, 0.3) is 40.5 Å². The first kappa shape index (κ1) is 58.6. The molecule has 7 aromatic rings. The Kier molecular flexibility index (Phi) is 14.6. The van der Waals surface area contributed by atoms with Crippen LogP contribution in [0.2, 0.25) is 78.6 Å². The summed E-state index contributed by atoms with van der Waals surface area (Å²) < 4.78 is 148. The largest absolute Gasteiger partial charge is 0.354 e. The Morgan fingerprint density at radius 3 is 0.662 bits per heavy atom. The first-order valence-electron chi connectivity index (χ1n) is 25.3. The van der Waals surface area contributed by atoms with E-state index in [1.807, 2.05) is 103 Å². The zero-order valence-electron chi connectivity index (χ0n) is 46.1. The van der Waals surface area contributed by atoms with E-state index in [0.29, 0.717) is 110 Å². The minimum absolute atomic E-state index is 0.313. The number of fused-ring (bicyclic) bond motifs is 8. The van der Waals surface area contributed by atoms with Crippen molar-refractivity contribution in [2.45, 2.75) is 98.1 Å². The van der Waals surface area contributed by atoms with Crippen LogP contribution < -0.4 is 20.7 Å². The third kappa shape index (κ3) is 12.0. The predicted molar refractivity (Wildman–Crippen MR) is 332 cm³/mol. The van der Waals surface area contributed by atoms with Crippen molar-refractivity contribution < 1.29 is 51.9 Å². The Hall–Kier alpha value is -6.01. The van der Waals surface area contributed by atoms with Crippen molar-refractivity contribution in [3.05, 3.63) is 120 Å². The fourth-order valence-corrected chi connectivity index (χ4v) is 17.1. The first-order valence-corrected chi connectivity index (χ1v) is 45.1. The molecule has 0 unspecified atom stereocenters. The third-order valence-electron chi connectivity index (χ3n) is 14.2. The molecule has 0 saturated carbocycles. The van der Waals surface area contributed by atoms with Crippen LogP contribution >= 0.6 is 0 Å². The van der Waals surface area contributed by atoms with E-state index < -0.39 is 72.8 Å². The van der Waals surface area contributed by atoms with E-state index in [1.165, 1.54) is 48.5 Å². The average Bonchev–Trinajstić information content (AvgIpc) is 4.17. The molecule has 0 amide bonds. The second-order valence-corrected chi connectivity index (χ2v) is 50.4. The Bertz CT molecular complexity index is 3960. The fourth-order valence-electron chi connectivity index (χ4n) is 9.72. The summed E-state index contributed by atoms with van der Waals surface area (Å²) in [6.07, 6.45) is 6.92. The van der Waals surface area contributed by atoms with E-state index in [0.717, 1.165) is 0 Å². The summed E-state index contributed by atoms with van der Waals surface area (Å²) in [5.41, 5.74) is 5.86. The lowest BCUT2D eigenvalue weighted by Crippen LogP contribution is -2.38. The van der Waals surface area contributed by atoms with Crippen molar-refractivity contribution in [2.24, 2.45) is 0 Å². The molecule has 3 aromatic heterocycles. The standard InChI is InChI=1S/C56H62N4O12S4Si4/c1-77(2,3)41-25-33(21-37(29-41)73(61,62)63)53-45-13-15-47(57-45)54(34-22-38(74(64,65)66)30-42(26-34)78(4,5)6)49-17-19-51(59-49)56(36-24-40(76(70,71)72)32-44(28-36)80(10,11)12)52-20-18-50(60-52)55(48-16-14-46(53)58-48)35-23-39(75(67,68)69)31-43(27-35)79(7,8)9/h13-32,57,60H,1-12H3,(H,61,62,63)(H,64,65,66)(H,67,68,69)(H,70,71,72). The van der Waals surface area contributed by atoms with E-state index in [1.54, 1.807) is 48.6 Å². The Labute approximate surface area is 470 Å². The summed E-state index contributed by atoms with van der Waals surface area (Å²) in [6.45, 7) is 24.4. The summed E-state index contributed by atoms with van der Waals surface area (Å²) in [5, 5.41) is 2.78. The highest BCUT2D eigenvalue weighted by atomic mass is 32.2. The highest BCUT2D eigenvalue weighted by Crippen LogP contribution is 2.40. The van der Waals surface area contributed by atoms with Crippen LogP contribution in [0.25, 0.3) is 90.9 Å². The topological polar surface area (TPSA) is 275 Å². The average molecular weight is 1220 g/mol. The molecular formula is C56H62N4O12S4Si4. The first-order chi connectivity index (χ1) is 36.6. The van der Waals surface area contributed by atoms with Gasteiger partial charge < -0.3 is 9.97 Å². The van der Waals surface area contributed by atoms with Gasteiger partial charge in [-0.15, -0.1) is 0 Å². The van der Waals surface area contributed by atoms with Gasteiger partial charge in [-0.2, -0.15) is 33.7 Å². The summed E-state index contributed by atoms with van der Waals surface area (Å²) in [7, 11) is -28.6. The van der Waals surface area contributed by atoms with Crippen LogP contribution in [-0.2, 0) is 40.5 Å². The van der Waals surface area contributed by atoms with E-state index in [9.17, 15) is 51.9 Å². The lowest BCUT2D eigenvalue weighted by Gasteiger charge is -2.20. The summed E-state index contributed by atoms with van der Waals surface area (Å²) >= 11 is 0. The van der Waals surface area contributed by atoms with Gasteiger partial charge in [0, 0.05) is 44.3 Å². The zero-order valence-corrected chi connectivity index (χ0v) is 53.4. The van der Waals surface area contributed by atoms with Crippen LogP contribution in [0.1, 0.15) is 22.8 Å². The maximum atomic E-state index is 13.1. The van der Waals surface area contributed by atoms with Crippen LogP contribution in [0.15, 0.2) is 117 Å². The molecule has 6 N–H and O–H groups in total. The van der Waals surface area contributed by atoms with E-state index >= 15 is 0 Å². The number of aromatic amines is 2. The summed E-state index contributed by atoms with van der Waals surface area (Å²) in [6, 6.07) is 25.9. The van der Waals surface area contributed by atoms with Crippen molar-refractivity contribution >= 4 is 140 Å². The molecule has 0 radical (unpaired) electrons. The lowest BCUT2D eigenvalue weighted by atomic mass is 10.0. The number of nitrogens with one attached hydrogen (secondary N) is 2. The van der Waals surface area contributed by atoms with Gasteiger partial charge in [-0.1, -0.05) is 124 Å². The SMILES string of the molecule is C[Si](C)(C)c1cc(-c2c3nc(c(-c4cc([Si](C)(C)C)cc(S(=O)(=O)O)c4)c4ccc([nH]4)c(-c4cc([Si](C)(C)C)cc(S(=O)(=O)O)c4)c4nc(c(-c5cc([Si](C)(C)C)cc(S(=O)(=O)O)c5)c5ccc2[nH]5)C=C4)C=C3)cc(S(=O)(=O)O)c1. The quantitative estimate of drug-likeness (QED) is 0.0491. The Balaban J connectivity index is 1.58. The number of rotatable bonds is 12. The maximum absolute atomic E-state index is 13.1. The van der Waals surface area contributed by atoms with Gasteiger partial charge in [-0.05, 0) is 119 Å². The Morgan fingerprint density at radius 2 is 0.500 bits per heavy atom. The predicted octanol–water partition coefficient (Wildman–Crippen LogP) is 10.5. The van der Waals surface area contributed by atoms with Crippen LogP contribution in [0.4, 0.5) is 0 Å². The van der Waals surface area contributed by atoms with Crippen molar-refractivity contribution in [3.8, 4) is 44.5 Å². The van der Waals surface area contributed by atoms with Crippen LogP contribution in [-0.4, -0.2) is 104 Å². The van der Waals surface area contributed by atoms with E-state index in [-0.39, 0.29) is 19.6 Å². The van der Waals surface area contributed by atoms with Crippen LogP contribution in [0.3, 0.4) is 0 Å². The fraction of sp³-hybridized carbons (Fsp3) is 0.214. The smallest absolute Gasteiger partial charge is 0.294 e. The van der Waals surface area contributed by atoms with Crippen molar-refractivity contribution in [3.63, 3.8) is 0 Å². The molecule has 16 nitrogen and oxygen atoms in total. The van der Waals surface area contributed by atoms with E-state index in [2.05, 4.69) is 9.97 Å². The molecule has 4 aromatic carbocycles. The van der Waals surface area contributed by atoms with Crippen molar-refractivity contribution in [1.29, 1.82) is 0 Å². The number of benzene rings is 4. The van der Waals surface area contributed by atoms with Crippen molar-refractivity contribution in [2.75, 3.05) is 0 Å². The third-order valence-corrected chi connectivity index (χ3v) is 25.6. The number of H-pyrrole nitrogens is 2. The van der Waals surface area contributed by atoms with Crippen LogP contribution in [0.5, 0.6) is 0 Å². The minimum Gasteiger partial charge on any atom is -0.354 e. The number of hydrogen-bond acceptors (Lipinski definition) is 10. The Morgan fingerprint density at radius 1 is 0.312 bits per heavy atom. The number of aromatic nitrogens is 4. The van der Waals surface area contributed by atoms with Crippen molar-refractivity contribution in [1.82, 2.24) is 19.9 Å². The number of nitrogens with zero attached hydrogens (tertiary/aromatic N) is 2. The molecule has 418 valence electrons. The minimum atomic E-state index is -4.78. The second-order valence-electron chi connectivity index (χ2n) is 24.4. The van der Waals surface area contributed by atoms with Gasteiger partial charge in [-0.25, -0.2) is 9.97 Å². The molecule has 0 aliphatic carbocycles. The van der Waals surface area contributed by atoms with Gasteiger partial charge in [0.05, 0.1) is 74.7 Å². The maximum Gasteiger partial charge on any atom is 0.294 e. The highest BCUT2D eigenvalue weighted by molar-refractivity contribution is 7.86. The molecule has 8 bridgehead atoms. The summed E-state index contributed by atoms with van der Waals surface area (Å²) in [5.74, 6) is 0. The number of hydrogen-bond donors (Lipinski definition) is 6. The molecule has 24 heteroatoms. The van der Waals surface area contributed by atoms with Gasteiger partial charge in [0.15, 0.2) is 0 Å². The molecule has 0 spiro atoms. The molecule has 0 saturated heterocycles. The highest BCUT2D eigenvalue weighted by Gasteiger charge is 2.29. The zero-order chi connectivity index (χ0) is 58.8. The molecule has 2 aliphatic rings. The van der Waals surface area contributed by atoms with E-state index in [4.69, 9.17) is 9.97 Å². The monoisotopic (exact) mass is 1220 g/mol. The molecule has 2 aliphatic heterocycles. The van der Waals surface area contributed by atoms with Gasteiger partial charge in [0.2, 0.25) is 0 Å². The summed E-state index contributed by atoms with van der Waals surface area (Å²) in [4.78, 5) is 16.3. The normalized spacial score (nSPS) is 13.8. The van der Waals surface area contributed by atoms with Gasteiger partial charge >= 0.3 is 0 Å². The molecular weight excluding hydrogens is 1160 g/mol. The lowest BCUT2D eigenvalue weighted by molar-refractivity contribution is 0.481. The van der Waals surface area contributed by atoms with Gasteiger partial charge in [0.1, 0.15) is 0 Å². The second kappa shape index (κ2) is 19.9.